The molecule has 0 radical (unpaired) electrons. The third-order valence-corrected chi connectivity index (χ3v) is 8.81. The van der Waals surface area contributed by atoms with E-state index < -0.39 is 29.6 Å². The number of aliphatic hydroxyl groups is 1. The maximum Gasteiger partial charge on any atom is 0.248 e. The van der Waals surface area contributed by atoms with E-state index in [-0.39, 0.29) is 29.2 Å². The van der Waals surface area contributed by atoms with Crippen molar-refractivity contribution in [1.82, 2.24) is 14.7 Å². The number of unbranched alkanes of at least 4 members (excludes halogenated alkanes) is 3. The quantitative estimate of drug-likeness (QED) is 0.172. The highest BCUT2D eigenvalue weighted by Gasteiger charge is 2.76. The van der Waals surface area contributed by atoms with Gasteiger partial charge in [-0.3, -0.25) is 14.4 Å². The second kappa shape index (κ2) is 13.4. The Labute approximate surface area is 230 Å². The fraction of sp³-hybridized carbons (Fsp3) is 0.750. The molecule has 3 amide bonds. The fourth-order valence-corrected chi connectivity index (χ4v) is 7.37. The molecule has 2 bridgehead atoms. The smallest absolute Gasteiger partial charge is 0.248 e. The number of likely N-dealkylation sites (tertiary alicyclic amines) is 1. The van der Waals surface area contributed by atoms with Gasteiger partial charge in [0, 0.05) is 44.2 Å². The minimum absolute atomic E-state index is 0.0194. The van der Waals surface area contributed by atoms with Crippen LogP contribution in [0, 0.1) is 11.8 Å². The van der Waals surface area contributed by atoms with E-state index in [0.717, 1.165) is 25.7 Å². The number of amides is 3. The van der Waals surface area contributed by atoms with Crippen LogP contribution < -0.4 is 0 Å². The SMILES string of the molecule is C=CCN(CCCCC)C(=O)C1N(CCCCO)C(=O)[C@@H]2[C@H](C(=O)N(CC=C)CCC)[C@H]3OC12CC3Br. The van der Waals surface area contributed by atoms with Crippen LogP contribution >= 0.6 is 15.9 Å². The van der Waals surface area contributed by atoms with E-state index in [9.17, 15) is 19.5 Å². The van der Waals surface area contributed by atoms with Crippen LogP contribution in [0.3, 0.4) is 0 Å². The number of fused-ring (bicyclic) bond motifs is 1. The number of rotatable bonds is 16. The van der Waals surface area contributed by atoms with Crippen LogP contribution in [0.15, 0.2) is 25.3 Å². The van der Waals surface area contributed by atoms with Crippen molar-refractivity contribution in [2.45, 2.75) is 81.4 Å². The lowest BCUT2D eigenvalue weighted by molar-refractivity contribution is -0.148. The Morgan fingerprint density at radius 1 is 1.08 bits per heavy atom. The van der Waals surface area contributed by atoms with Crippen molar-refractivity contribution < 1.29 is 24.2 Å². The van der Waals surface area contributed by atoms with Gasteiger partial charge in [-0.1, -0.05) is 54.8 Å². The third kappa shape index (κ3) is 5.69. The van der Waals surface area contributed by atoms with Crippen LogP contribution in [0.2, 0.25) is 0 Å². The van der Waals surface area contributed by atoms with Crippen molar-refractivity contribution in [1.29, 1.82) is 0 Å². The van der Waals surface area contributed by atoms with Gasteiger partial charge in [-0.25, -0.2) is 0 Å². The van der Waals surface area contributed by atoms with Crippen LogP contribution in [-0.2, 0) is 19.1 Å². The standard InChI is InChI=1S/C28H44BrN3O5/c1-5-9-10-16-31(15-8-4)27(36)24-28-19-20(29)23(37-28)21(25(34)30(13-6-2)14-7-3)22(28)26(35)32(24)17-11-12-18-33/h6,8,20-24,33H,2,4-5,7,9-19H2,1,3H3/t20?,21-,22-,23-,24?,28?/m0/s1. The summed E-state index contributed by atoms with van der Waals surface area (Å²) >= 11 is 3.74. The average Bonchev–Trinajstić information content (AvgIpc) is 3.46. The van der Waals surface area contributed by atoms with E-state index in [1.54, 1.807) is 26.9 Å². The largest absolute Gasteiger partial charge is 0.396 e. The van der Waals surface area contributed by atoms with Crippen molar-refractivity contribution in [3.8, 4) is 0 Å². The van der Waals surface area contributed by atoms with Crippen molar-refractivity contribution in [2.75, 3.05) is 39.3 Å². The maximum atomic E-state index is 14.2. The van der Waals surface area contributed by atoms with Gasteiger partial charge in [0.05, 0.1) is 17.9 Å². The van der Waals surface area contributed by atoms with Gasteiger partial charge in [-0.15, -0.1) is 13.2 Å². The van der Waals surface area contributed by atoms with Crippen LogP contribution in [0.4, 0.5) is 0 Å². The fourth-order valence-electron chi connectivity index (χ4n) is 6.43. The second-order valence-corrected chi connectivity index (χ2v) is 11.7. The molecule has 3 unspecified atom stereocenters. The molecule has 3 aliphatic rings. The number of aliphatic hydroxyl groups excluding tert-OH is 1. The molecule has 0 saturated carbocycles. The molecular weight excluding hydrogens is 538 g/mol. The molecule has 6 atom stereocenters. The van der Waals surface area contributed by atoms with Gasteiger partial charge in [-0.2, -0.15) is 0 Å². The zero-order chi connectivity index (χ0) is 27.2. The van der Waals surface area contributed by atoms with E-state index in [4.69, 9.17) is 4.74 Å². The number of nitrogens with zero attached hydrogens (tertiary/aromatic N) is 3. The van der Waals surface area contributed by atoms with Gasteiger partial charge in [-0.05, 0) is 32.1 Å². The van der Waals surface area contributed by atoms with Gasteiger partial charge in [0.25, 0.3) is 0 Å². The minimum Gasteiger partial charge on any atom is -0.396 e. The Kier molecular flexibility index (Phi) is 10.8. The van der Waals surface area contributed by atoms with Gasteiger partial charge < -0.3 is 24.5 Å². The van der Waals surface area contributed by atoms with E-state index >= 15 is 0 Å². The Bertz CT molecular complexity index is 854. The Morgan fingerprint density at radius 3 is 2.35 bits per heavy atom. The summed E-state index contributed by atoms with van der Waals surface area (Å²) in [6.07, 6.45) is 8.27. The number of hydrogen-bond donors (Lipinski definition) is 1. The van der Waals surface area contributed by atoms with Crippen LogP contribution in [0.5, 0.6) is 0 Å². The normalized spacial score (nSPS) is 29.9. The van der Waals surface area contributed by atoms with Crippen molar-refractivity contribution in [3.63, 3.8) is 0 Å². The number of alkyl halides is 1. The summed E-state index contributed by atoms with van der Waals surface area (Å²) in [5.41, 5.74) is -1.05. The van der Waals surface area contributed by atoms with Crippen molar-refractivity contribution in [3.05, 3.63) is 25.3 Å². The first kappa shape index (κ1) is 29.8. The van der Waals surface area contributed by atoms with E-state index in [0.29, 0.717) is 52.0 Å². The highest BCUT2D eigenvalue weighted by molar-refractivity contribution is 9.09. The zero-order valence-corrected chi connectivity index (χ0v) is 24.0. The van der Waals surface area contributed by atoms with Gasteiger partial charge in [0.2, 0.25) is 17.7 Å². The topological polar surface area (TPSA) is 90.4 Å². The number of hydrogen-bond acceptors (Lipinski definition) is 5. The molecule has 9 heteroatoms. The summed E-state index contributed by atoms with van der Waals surface area (Å²) in [6.45, 7) is 14.1. The zero-order valence-electron chi connectivity index (χ0n) is 22.4. The number of ether oxygens (including phenoxy) is 1. The highest BCUT2D eigenvalue weighted by atomic mass is 79.9. The Hall–Kier alpha value is -1.71. The summed E-state index contributed by atoms with van der Waals surface area (Å²) in [7, 11) is 0. The lowest BCUT2D eigenvalue weighted by Crippen LogP contribution is -2.57. The monoisotopic (exact) mass is 581 g/mol. The number of halogens is 1. The van der Waals surface area contributed by atoms with E-state index in [1.165, 1.54) is 0 Å². The highest BCUT2D eigenvalue weighted by Crippen LogP contribution is 2.60. The molecule has 0 aromatic heterocycles. The summed E-state index contributed by atoms with van der Waals surface area (Å²) in [5.74, 6) is -1.78. The summed E-state index contributed by atoms with van der Waals surface area (Å²) in [4.78, 5) is 47.2. The third-order valence-electron chi connectivity index (χ3n) is 7.96. The first-order chi connectivity index (χ1) is 17.8. The second-order valence-electron chi connectivity index (χ2n) is 10.5. The molecule has 3 saturated heterocycles. The minimum atomic E-state index is -1.05. The Morgan fingerprint density at radius 2 is 1.76 bits per heavy atom. The molecule has 0 aromatic rings. The van der Waals surface area contributed by atoms with Crippen LogP contribution in [0.25, 0.3) is 0 Å². The van der Waals surface area contributed by atoms with E-state index in [2.05, 4.69) is 36.0 Å². The first-order valence-electron chi connectivity index (χ1n) is 13.8. The predicted molar refractivity (Wildman–Crippen MR) is 147 cm³/mol. The lowest BCUT2D eigenvalue weighted by atomic mass is 9.70. The summed E-state index contributed by atoms with van der Waals surface area (Å²) in [5, 5.41) is 9.36. The molecule has 1 spiro atoms. The molecule has 8 nitrogen and oxygen atoms in total. The average molecular weight is 583 g/mol. The van der Waals surface area contributed by atoms with Crippen molar-refractivity contribution in [2.24, 2.45) is 11.8 Å². The number of carbonyl (C=O) groups is 3. The maximum absolute atomic E-state index is 14.2. The Balaban J connectivity index is 2.01. The molecule has 37 heavy (non-hydrogen) atoms. The van der Waals surface area contributed by atoms with Crippen LogP contribution in [-0.4, -0.2) is 99.4 Å². The molecule has 3 heterocycles. The molecule has 1 N–H and O–H groups in total. The number of carbonyl (C=O) groups excluding carboxylic acids is 3. The molecule has 0 aliphatic carbocycles. The molecule has 3 fully saturated rings. The van der Waals surface area contributed by atoms with Gasteiger partial charge in [0.1, 0.15) is 11.6 Å². The molecule has 3 aliphatic heterocycles. The summed E-state index contributed by atoms with van der Waals surface area (Å²) < 4.78 is 6.63. The molecule has 0 aromatic carbocycles. The van der Waals surface area contributed by atoms with Crippen molar-refractivity contribution >= 4 is 33.7 Å². The summed E-state index contributed by atoms with van der Waals surface area (Å²) in [6, 6.07) is -0.799. The lowest BCUT2D eigenvalue weighted by Gasteiger charge is -2.37. The molecule has 208 valence electrons. The van der Waals surface area contributed by atoms with Crippen LogP contribution in [0.1, 0.15) is 58.8 Å². The predicted octanol–water partition coefficient (Wildman–Crippen LogP) is 3.14. The van der Waals surface area contributed by atoms with E-state index in [1.807, 2.05) is 6.92 Å². The first-order valence-corrected chi connectivity index (χ1v) is 14.8. The van der Waals surface area contributed by atoms with Gasteiger partial charge >= 0.3 is 0 Å². The molecule has 3 rings (SSSR count). The molecular formula is C28H44BrN3O5. The van der Waals surface area contributed by atoms with Gasteiger partial charge in [0.15, 0.2) is 0 Å².